The van der Waals surface area contributed by atoms with Gasteiger partial charge >= 0.3 is 17.9 Å². The predicted molar refractivity (Wildman–Crippen MR) is 163 cm³/mol. The molecular weight excluding hydrogens is 566 g/mol. The second kappa shape index (κ2) is 15.8. The van der Waals surface area contributed by atoms with Gasteiger partial charge in [-0.2, -0.15) is 0 Å². The van der Waals surface area contributed by atoms with Gasteiger partial charge in [-0.25, -0.2) is 0 Å². The highest BCUT2D eigenvalue weighted by molar-refractivity contribution is 5.70. The van der Waals surface area contributed by atoms with Crippen molar-refractivity contribution in [3.8, 4) is 17.2 Å². The fraction of sp³-hybridized carbons (Fsp3) is 0.206. The van der Waals surface area contributed by atoms with Crippen molar-refractivity contribution in [2.75, 3.05) is 19.6 Å². The molecule has 0 aromatic heterocycles. The lowest BCUT2D eigenvalue weighted by Gasteiger charge is -2.37. The summed E-state index contributed by atoms with van der Waals surface area (Å²) in [5, 5.41) is 57.1. The van der Waals surface area contributed by atoms with Gasteiger partial charge in [0.15, 0.2) is 0 Å². The smallest absolute Gasteiger partial charge is 0.309 e. The van der Waals surface area contributed by atoms with Crippen molar-refractivity contribution in [3.05, 3.63) is 120 Å². The van der Waals surface area contributed by atoms with Crippen molar-refractivity contribution in [2.45, 2.75) is 25.2 Å². The minimum absolute atomic E-state index is 0.0288. The fourth-order valence-electron chi connectivity index (χ4n) is 4.97. The summed E-state index contributed by atoms with van der Waals surface area (Å²) in [6, 6.07) is 29.6. The number of hydrogen-bond acceptors (Lipinski definition) is 6. The normalized spacial score (nSPS) is 10.9. The maximum Gasteiger partial charge on any atom is 0.309 e. The van der Waals surface area contributed by atoms with Crippen LogP contribution in [0.25, 0.3) is 0 Å². The zero-order valence-corrected chi connectivity index (χ0v) is 24.0. The standard InChI is InChI=1S/C19H16O3.C15H19NO6/c20-16-7-1-13(2-8-16)19(14-3-9-17(21)10-4-14)15-5-11-18(22)12-6-15;17-13(18)6-9-16(10-7-14(19)20,11-8-15(21)22)12-4-2-1-3-5-12/h1-12,19-22H;1-5H,6-11H2,(H2-,17,18,19,20,21,22). The third kappa shape index (κ3) is 9.88. The van der Waals surface area contributed by atoms with Crippen molar-refractivity contribution in [1.82, 2.24) is 4.48 Å². The Kier molecular flexibility index (Phi) is 11.9. The Morgan fingerprint density at radius 3 is 1.23 bits per heavy atom. The Balaban J connectivity index is 0.000000240. The van der Waals surface area contributed by atoms with Crippen LogP contribution < -0.4 is 9.59 Å². The van der Waals surface area contributed by atoms with Gasteiger partial charge in [0, 0.05) is 5.92 Å². The van der Waals surface area contributed by atoms with Crippen LogP contribution in [-0.4, -0.2) is 63.1 Å². The molecule has 5 N–H and O–H groups in total. The molecule has 0 aliphatic carbocycles. The third-order valence-corrected chi connectivity index (χ3v) is 7.23. The summed E-state index contributed by atoms with van der Waals surface area (Å²) in [4.78, 5) is 32.7. The van der Waals surface area contributed by atoms with Crippen LogP contribution in [0.1, 0.15) is 41.9 Å². The average Bonchev–Trinajstić information content (AvgIpc) is 3.00. The summed E-state index contributed by atoms with van der Waals surface area (Å²) < 4.78 is 0.0335. The lowest BCUT2D eigenvalue weighted by atomic mass is 9.85. The molecule has 4 rings (SSSR count). The van der Waals surface area contributed by atoms with Crippen LogP contribution in [0.2, 0.25) is 0 Å². The molecule has 0 unspecified atom stereocenters. The van der Waals surface area contributed by atoms with E-state index in [1.165, 1.54) is 0 Å². The number of hydrogen-bond donors (Lipinski definition) is 5. The topological polar surface area (TPSA) is 175 Å². The Bertz CT molecular complexity index is 1350. The molecule has 0 aliphatic heterocycles. The van der Waals surface area contributed by atoms with Crippen LogP contribution in [0.4, 0.5) is 5.69 Å². The molecule has 44 heavy (non-hydrogen) atoms. The SMILES string of the molecule is O=C(O)CC[N+](CCC(=O)O)(CCC(=O)O)c1ccccc1.[O-]c1ccc(C(c2ccc(O)cc2)c2ccc(O)cc2)cc1. The number of phenolic OH excluding ortho intramolecular Hbond substituents is 2. The van der Waals surface area contributed by atoms with E-state index in [4.69, 9.17) is 15.3 Å². The van der Waals surface area contributed by atoms with Gasteiger partial charge in [-0.3, -0.25) is 18.9 Å². The van der Waals surface area contributed by atoms with Crippen molar-refractivity contribution < 1.29 is 45.0 Å². The number of aliphatic carboxylic acids is 3. The molecule has 0 amide bonds. The Morgan fingerprint density at radius 2 is 0.886 bits per heavy atom. The summed E-state index contributed by atoms with van der Waals surface area (Å²) in [5.74, 6) is -2.66. The highest BCUT2D eigenvalue weighted by atomic mass is 16.4. The molecular formula is C34H35NO9. The van der Waals surface area contributed by atoms with Crippen molar-refractivity contribution in [1.29, 1.82) is 0 Å². The van der Waals surface area contributed by atoms with Gasteiger partial charge in [-0.1, -0.05) is 66.7 Å². The van der Waals surface area contributed by atoms with Crippen LogP contribution in [0.5, 0.6) is 17.2 Å². The minimum Gasteiger partial charge on any atom is -0.872 e. The second-order valence-electron chi connectivity index (χ2n) is 10.3. The van der Waals surface area contributed by atoms with Crippen LogP contribution in [-0.2, 0) is 14.4 Å². The Morgan fingerprint density at radius 1 is 0.545 bits per heavy atom. The van der Waals surface area contributed by atoms with Crippen LogP contribution >= 0.6 is 0 Å². The van der Waals surface area contributed by atoms with E-state index in [9.17, 15) is 29.7 Å². The Hall–Kier alpha value is -5.35. The number of nitrogens with zero attached hydrogens (tertiary/aromatic N) is 1. The summed E-state index contributed by atoms with van der Waals surface area (Å²) in [7, 11) is 0. The van der Waals surface area contributed by atoms with Gasteiger partial charge in [0.1, 0.15) is 17.2 Å². The minimum atomic E-state index is -0.996. The van der Waals surface area contributed by atoms with Crippen molar-refractivity contribution >= 4 is 23.6 Å². The highest BCUT2D eigenvalue weighted by Crippen LogP contribution is 2.34. The van der Waals surface area contributed by atoms with Gasteiger partial charge in [0.05, 0.1) is 38.9 Å². The van der Waals surface area contributed by atoms with E-state index in [-0.39, 0.29) is 66.5 Å². The van der Waals surface area contributed by atoms with Crippen LogP contribution in [0, 0.1) is 0 Å². The highest BCUT2D eigenvalue weighted by Gasteiger charge is 2.32. The molecule has 0 aliphatic rings. The van der Waals surface area contributed by atoms with E-state index in [2.05, 4.69) is 0 Å². The van der Waals surface area contributed by atoms with E-state index in [0.717, 1.165) is 22.4 Å². The molecule has 4 aromatic carbocycles. The van der Waals surface area contributed by atoms with E-state index < -0.39 is 17.9 Å². The first-order valence-electron chi connectivity index (χ1n) is 13.9. The molecule has 0 saturated carbocycles. The number of para-hydroxylation sites is 1. The van der Waals surface area contributed by atoms with Gasteiger partial charge in [-0.05, 0) is 53.1 Å². The number of phenols is 2. The van der Waals surface area contributed by atoms with E-state index in [1.807, 2.05) is 36.4 Å². The summed E-state index contributed by atoms with van der Waals surface area (Å²) in [6.45, 7) is 0.458. The second-order valence-corrected chi connectivity index (χ2v) is 10.3. The maximum absolute atomic E-state index is 11.3. The van der Waals surface area contributed by atoms with E-state index in [1.54, 1.807) is 66.7 Å². The molecule has 10 heteroatoms. The molecule has 0 atom stereocenters. The molecule has 0 fully saturated rings. The monoisotopic (exact) mass is 601 g/mol. The number of aromatic hydroxyl groups is 2. The number of benzene rings is 4. The average molecular weight is 602 g/mol. The lowest BCUT2D eigenvalue weighted by molar-refractivity contribution is -0.268. The largest absolute Gasteiger partial charge is 0.872 e. The molecule has 0 saturated heterocycles. The van der Waals surface area contributed by atoms with Crippen molar-refractivity contribution in [2.24, 2.45) is 0 Å². The predicted octanol–water partition coefficient (Wildman–Crippen LogP) is 4.77. The molecule has 0 spiro atoms. The summed E-state index contributed by atoms with van der Waals surface area (Å²) >= 11 is 0. The van der Waals surface area contributed by atoms with Gasteiger partial charge < -0.3 is 30.6 Å². The quantitative estimate of drug-likeness (QED) is 0.107. The number of carboxylic acid groups (broad SMARTS) is 3. The number of rotatable bonds is 13. The zero-order chi connectivity index (χ0) is 32.1. The van der Waals surface area contributed by atoms with Gasteiger partial charge in [0.25, 0.3) is 0 Å². The Labute approximate surface area is 254 Å². The van der Waals surface area contributed by atoms with Gasteiger partial charge in [-0.15, -0.1) is 5.75 Å². The van der Waals surface area contributed by atoms with E-state index >= 15 is 0 Å². The molecule has 10 nitrogen and oxygen atoms in total. The first kappa shape index (κ1) is 33.2. The zero-order valence-electron chi connectivity index (χ0n) is 24.0. The summed E-state index contributed by atoms with van der Waals surface area (Å²) in [5.41, 5.74) is 3.71. The van der Waals surface area contributed by atoms with E-state index in [0.29, 0.717) is 0 Å². The third-order valence-electron chi connectivity index (χ3n) is 7.23. The molecule has 4 aromatic rings. The van der Waals surface area contributed by atoms with Crippen molar-refractivity contribution in [3.63, 3.8) is 0 Å². The first-order valence-corrected chi connectivity index (χ1v) is 13.9. The molecule has 0 heterocycles. The molecule has 230 valence electrons. The maximum atomic E-state index is 11.3. The molecule has 0 radical (unpaired) electrons. The molecule has 0 bridgehead atoms. The fourth-order valence-corrected chi connectivity index (χ4v) is 4.97. The lowest BCUT2D eigenvalue weighted by Crippen LogP contribution is -2.53. The number of quaternary nitrogens is 1. The number of carbonyl (C=O) groups is 3. The van der Waals surface area contributed by atoms with Crippen LogP contribution in [0.3, 0.4) is 0 Å². The first-order chi connectivity index (χ1) is 21.0. The number of carboxylic acids is 3. The summed E-state index contributed by atoms with van der Waals surface area (Å²) in [6.07, 6.45) is -0.476. The van der Waals surface area contributed by atoms with Crippen LogP contribution in [0.15, 0.2) is 103 Å². The van der Waals surface area contributed by atoms with Gasteiger partial charge in [0.2, 0.25) is 0 Å².